The Balaban J connectivity index is 1.87. The Labute approximate surface area is 178 Å². The summed E-state index contributed by atoms with van der Waals surface area (Å²) in [7, 11) is 0. The molecule has 0 heterocycles. The fourth-order valence-corrected chi connectivity index (χ4v) is 3.99. The quantitative estimate of drug-likeness (QED) is 0.597. The molecule has 0 aliphatic heterocycles. The highest BCUT2D eigenvalue weighted by Gasteiger charge is 2.42. The first-order valence-corrected chi connectivity index (χ1v) is 10.8. The molecule has 160 valence electrons. The molecule has 5 nitrogen and oxygen atoms in total. The third kappa shape index (κ3) is 4.84. The van der Waals surface area contributed by atoms with Gasteiger partial charge in [0.25, 0.3) is 0 Å². The summed E-state index contributed by atoms with van der Waals surface area (Å²) in [6.07, 6.45) is 3.70. The Hall–Kier alpha value is -2.82. The van der Waals surface area contributed by atoms with Crippen LogP contribution >= 0.6 is 0 Å². The molecule has 0 radical (unpaired) electrons. The van der Waals surface area contributed by atoms with Crippen LogP contribution < -0.4 is 10.1 Å². The highest BCUT2D eigenvalue weighted by molar-refractivity contribution is 6.01. The molecule has 30 heavy (non-hydrogen) atoms. The summed E-state index contributed by atoms with van der Waals surface area (Å²) in [5, 5.41) is 3.05. The van der Waals surface area contributed by atoms with Crippen molar-refractivity contribution in [3.8, 4) is 5.75 Å². The van der Waals surface area contributed by atoms with E-state index in [1.54, 1.807) is 25.1 Å². The van der Waals surface area contributed by atoms with Gasteiger partial charge in [-0.25, -0.2) is 4.79 Å². The van der Waals surface area contributed by atoms with E-state index in [1.807, 2.05) is 44.2 Å². The van der Waals surface area contributed by atoms with Crippen molar-refractivity contribution < 1.29 is 19.1 Å². The molecule has 0 aromatic heterocycles. The van der Waals surface area contributed by atoms with E-state index >= 15 is 0 Å². The topological polar surface area (TPSA) is 64.6 Å². The van der Waals surface area contributed by atoms with Crippen LogP contribution in [0.25, 0.3) is 0 Å². The second-order valence-corrected chi connectivity index (χ2v) is 8.25. The first-order valence-electron chi connectivity index (χ1n) is 10.8. The van der Waals surface area contributed by atoms with Crippen LogP contribution in [0.4, 0.5) is 5.69 Å². The fraction of sp³-hybridized carbons (Fsp3) is 0.440. The van der Waals surface area contributed by atoms with Gasteiger partial charge >= 0.3 is 5.97 Å². The monoisotopic (exact) mass is 409 g/mol. The normalized spacial score (nSPS) is 15.1. The lowest BCUT2D eigenvalue weighted by atomic mass is 9.78. The van der Waals surface area contributed by atoms with Crippen molar-refractivity contribution in [2.75, 3.05) is 18.5 Å². The lowest BCUT2D eigenvalue weighted by Gasteiger charge is -2.28. The zero-order valence-corrected chi connectivity index (χ0v) is 18.1. The van der Waals surface area contributed by atoms with Crippen LogP contribution in [0.5, 0.6) is 5.75 Å². The van der Waals surface area contributed by atoms with Crippen LogP contribution in [0.1, 0.15) is 62.4 Å². The number of carbonyl (C=O) groups is 2. The molecule has 1 fully saturated rings. The van der Waals surface area contributed by atoms with E-state index in [2.05, 4.69) is 5.32 Å². The van der Waals surface area contributed by atoms with Crippen molar-refractivity contribution in [1.82, 2.24) is 0 Å². The molecule has 1 amide bonds. The number of benzene rings is 2. The largest absolute Gasteiger partial charge is 0.492 e. The van der Waals surface area contributed by atoms with Crippen LogP contribution in [0, 0.1) is 5.92 Å². The maximum Gasteiger partial charge on any atom is 0.341 e. The van der Waals surface area contributed by atoms with Crippen molar-refractivity contribution >= 4 is 17.6 Å². The molecule has 0 spiro atoms. The van der Waals surface area contributed by atoms with Crippen molar-refractivity contribution in [1.29, 1.82) is 0 Å². The van der Waals surface area contributed by atoms with Gasteiger partial charge in [-0.15, -0.1) is 0 Å². The van der Waals surface area contributed by atoms with Crippen molar-refractivity contribution in [3.05, 3.63) is 59.7 Å². The summed E-state index contributed by atoms with van der Waals surface area (Å²) in [6, 6.07) is 15.1. The Morgan fingerprint density at radius 2 is 1.77 bits per heavy atom. The average Bonchev–Trinajstić information content (AvgIpc) is 3.25. The standard InChI is InChI=1S/C25H31NO4/c1-4-29-23(27)21-16-20(12-13-22(21)30-17-18(2)3)26-24(28)25(14-8-9-15-25)19-10-6-5-7-11-19/h5-7,10-13,16,18H,4,8-9,14-15,17H2,1-3H3,(H,26,28). The number of hydrogen-bond acceptors (Lipinski definition) is 4. The number of ether oxygens (including phenoxy) is 2. The number of rotatable bonds is 8. The van der Waals surface area contributed by atoms with Crippen LogP contribution in [0.15, 0.2) is 48.5 Å². The van der Waals surface area contributed by atoms with Crippen LogP contribution in [-0.2, 0) is 14.9 Å². The first-order chi connectivity index (χ1) is 14.5. The minimum Gasteiger partial charge on any atom is -0.492 e. The average molecular weight is 410 g/mol. The van der Waals surface area contributed by atoms with Gasteiger partial charge in [0.2, 0.25) is 5.91 Å². The minimum atomic E-state index is -0.530. The number of nitrogens with one attached hydrogen (secondary N) is 1. The van der Waals surface area contributed by atoms with E-state index < -0.39 is 11.4 Å². The molecule has 0 atom stereocenters. The van der Waals surface area contributed by atoms with Crippen LogP contribution in [0.3, 0.4) is 0 Å². The Bertz CT molecular complexity index is 870. The van der Waals surface area contributed by atoms with Gasteiger partial charge in [-0.3, -0.25) is 4.79 Å². The molecule has 0 bridgehead atoms. The fourth-order valence-electron chi connectivity index (χ4n) is 3.99. The number of amides is 1. The molecule has 1 saturated carbocycles. The third-order valence-electron chi connectivity index (χ3n) is 5.52. The lowest BCUT2D eigenvalue weighted by molar-refractivity contribution is -0.121. The first kappa shape index (κ1) is 21.9. The van der Waals surface area contributed by atoms with E-state index in [-0.39, 0.29) is 12.5 Å². The summed E-state index contributed by atoms with van der Waals surface area (Å²) < 4.78 is 11.0. The SMILES string of the molecule is CCOC(=O)c1cc(NC(=O)C2(c3ccccc3)CCCC2)ccc1OCC(C)C. The van der Waals surface area contributed by atoms with Gasteiger partial charge in [0.1, 0.15) is 11.3 Å². The molecule has 1 aliphatic carbocycles. The number of esters is 1. The molecule has 1 aliphatic rings. The molecule has 3 rings (SSSR count). The molecular weight excluding hydrogens is 378 g/mol. The minimum absolute atomic E-state index is 0.0307. The lowest BCUT2D eigenvalue weighted by Crippen LogP contribution is -2.38. The summed E-state index contributed by atoms with van der Waals surface area (Å²) >= 11 is 0. The Morgan fingerprint density at radius 1 is 1.07 bits per heavy atom. The maximum atomic E-state index is 13.4. The summed E-state index contributed by atoms with van der Waals surface area (Å²) in [6.45, 7) is 6.62. The summed E-state index contributed by atoms with van der Waals surface area (Å²) in [5.41, 5.74) is 1.41. The predicted octanol–water partition coefficient (Wildman–Crippen LogP) is 5.35. The third-order valence-corrected chi connectivity index (χ3v) is 5.52. The van der Waals surface area contributed by atoms with Gasteiger partial charge in [0.15, 0.2) is 0 Å². The molecule has 0 saturated heterocycles. The van der Waals surface area contributed by atoms with Gasteiger partial charge in [-0.1, -0.05) is 57.0 Å². The van der Waals surface area contributed by atoms with Gasteiger partial charge in [0, 0.05) is 5.69 Å². The van der Waals surface area contributed by atoms with Gasteiger partial charge in [-0.2, -0.15) is 0 Å². The molecule has 2 aromatic rings. The number of anilines is 1. The zero-order chi connectivity index (χ0) is 21.6. The van der Waals surface area contributed by atoms with E-state index in [0.717, 1.165) is 31.2 Å². The van der Waals surface area contributed by atoms with Crippen molar-refractivity contribution in [3.63, 3.8) is 0 Å². The van der Waals surface area contributed by atoms with Crippen LogP contribution in [0.2, 0.25) is 0 Å². The van der Waals surface area contributed by atoms with E-state index in [1.165, 1.54) is 0 Å². The van der Waals surface area contributed by atoms with Gasteiger partial charge in [-0.05, 0) is 49.4 Å². The molecule has 0 unspecified atom stereocenters. The van der Waals surface area contributed by atoms with Crippen molar-refractivity contribution in [2.45, 2.75) is 51.9 Å². The highest BCUT2D eigenvalue weighted by atomic mass is 16.5. The summed E-state index contributed by atoms with van der Waals surface area (Å²) in [4.78, 5) is 25.9. The number of hydrogen-bond donors (Lipinski definition) is 1. The Morgan fingerprint density at radius 3 is 2.40 bits per heavy atom. The molecular formula is C25H31NO4. The Kier molecular flexibility index (Phi) is 7.14. The summed E-state index contributed by atoms with van der Waals surface area (Å²) in [5.74, 6) is 0.314. The van der Waals surface area contributed by atoms with Gasteiger partial charge < -0.3 is 14.8 Å². The van der Waals surface area contributed by atoms with E-state index in [0.29, 0.717) is 29.5 Å². The highest BCUT2D eigenvalue weighted by Crippen LogP contribution is 2.42. The maximum absolute atomic E-state index is 13.4. The smallest absolute Gasteiger partial charge is 0.341 e. The molecule has 5 heteroatoms. The second kappa shape index (κ2) is 9.79. The number of carbonyl (C=O) groups excluding carboxylic acids is 2. The van der Waals surface area contributed by atoms with E-state index in [9.17, 15) is 9.59 Å². The molecule has 2 aromatic carbocycles. The van der Waals surface area contributed by atoms with E-state index in [4.69, 9.17) is 9.47 Å². The molecule has 1 N–H and O–H groups in total. The van der Waals surface area contributed by atoms with Crippen LogP contribution in [-0.4, -0.2) is 25.1 Å². The predicted molar refractivity (Wildman–Crippen MR) is 118 cm³/mol. The zero-order valence-electron chi connectivity index (χ0n) is 18.1. The van der Waals surface area contributed by atoms with Crippen molar-refractivity contribution in [2.24, 2.45) is 5.92 Å². The van der Waals surface area contributed by atoms with Gasteiger partial charge in [0.05, 0.1) is 18.6 Å². The second-order valence-electron chi connectivity index (χ2n) is 8.25.